The van der Waals surface area contributed by atoms with Crippen molar-refractivity contribution >= 4 is 40.5 Å². The third-order valence-corrected chi connectivity index (χ3v) is 7.14. The Hall–Kier alpha value is -5.12. The van der Waals surface area contributed by atoms with Crippen LogP contribution >= 0.6 is 0 Å². The van der Waals surface area contributed by atoms with Crippen LogP contribution in [-0.2, 0) is 34.4 Å². The number of hydrogen-bond acceptors (Lipinski definition) is 5. The fraction of sp³-hybridized carbons (Fsp3) is 0.273. The second-order valence-electron chi connectivity index (χ2n) is 10.4. The van der Waals surface area contributed by atoms with Gasteiger partial charge in [0.1, 0.15) is 12.6 Å². The third kappa shape index (κ3) is 8.45. The molecule has 0 radical (unpaired) electrons. The largest absolute Gasteiger partial charge is 0.481 e. The molecule has 0 aliphatic rings. The molecule has 2 atom stereocenters. The number of carboxylic acids is 1. The van der Waals surface area contributed by atoms with Crippen LogP contribution in [0.3, 0.4) is 0 Å². The lowest BCUT2D eigenvalue weighted by atomic mass is 9.99. The van der Waals surface area contributed by atoms with Gasteiger partial charge in [0.2, 0.25) is 5.91 Å². The Labute approximate surface area is 250 Å². The van der Waals surface area contributed by atoms with Gasteiger partial charge in [0.15, 0.2) is 0 Å². The number of benzene rings is 3. The number of carbonyl (C=O) groups excluding carboxylic acids is 3. The molecule has 43 heavy (non-hydrogen) atoms. The fourth-order valence-corrected chi connectivity index (χ4v) is 4.76. The van der Waals surface area contributed by atoms with Crippen molar-refractivity contribution in [3.63, 3.8) is 0 Å². The summed E-state index contributed by atoms with van der Waals surface area (Å²) in [6.45, 7) is 1.97. The number of anilines is 1. The number of ether oxygens (including phenoxy) is 1. The number of carboxylic acid groups (broad SMARTS) is 1. The summed E-state index contributed by atoms with van der Waals surface area (Å²) in [7, 11) is 1.85. The van der Waals surface area contributed by atoms with E-state index < -0.39 is 35.8 Å². The van der Waals surface area contributed by atoms with Gasteiger partial charge < -0.3 is 30.4 Å². The van der Waals surface area contributed by atoms with Crippen molar-refractivity contribution in [3.05, 3.63) is 102 Å². The van der Waals surface area contributed by atoms with Crippen molar-refractivity contribution in [1.82, 2.24) is 15.2 Å². The minimum Gasteiger partial charge on any atom is -0.481 e. The van der Waals surface area contributed by atoms with Crippen LogP contribution in [0.4, 0.5) is 10.5 Å². The highest BCUT2D eigenvalue weighted by atomic mass is 16.5. The van der Waals surface area contributed by atoms with Crippen molar-refractivity contribution in [2.75, 3.05) is 11.9 Å². The van der Waals surface area contributed by atoms with E-state index >= 15 is 0 Å². The minimum absolute atomic E-state index is 0.138. The Morgan fingerprint density at radius 3 is 2.40 bits per heavy atom. The zero-order valence-corrected chi connectivity index (χ0v) is 24.2. The van der Waals surface area contributed by atoms with Crippen LogP contribution < -0.4 is 16.0 Å². The summed E-state index contributed by atoms with van der Waals surface area (Å²) in [5, 5.41) is 18.6. The van der Waals surface area contributed by atoms with Gasteiger partial charge in [-0.2, -0.15) is 0 Å². The molecular formula is C33H36N4O6. The summed E-state index contributed by atoms with van der Waals surface area (Å²) >= 11 is 0. The van der Waals surface area contributed by atoms with Crippen molar-refractivity contribution in [1.29, 1.82) is 0 Å². The maximum atomic E-state index is 13.5. The highest BCUT2D eigenvalue weighted by Crippen LogP contribution is 2.22. The maximum Gasteiger partial charge on any atom is 0.407 e. The van der Waals surface area contributed by atoms with Crippen molar-refractivity contribution < 1.29 is 29.0 Å². The number of aliphatic carboxylic acids is 1. The van der Waals surface area contributed by atoms with Crippen LogP contribution in [0.2, 0.25) is 0 Å². The van der Waals surface area contributed by atoms with Gasteiger partial charge in [-0.25, -0.2) is 4.79 Å². The van der Waals surface area contributed by atoms with E-state index in [-0.39, 0.29) is 26.0 Å². The zero-order valence-electron chi connectivity index (χ0n) is 24.2. The van der Waals surface area contributed by atoms with E-state index in [2.05, 4.69) is 16.0 Å². The first-order valence-corrected chi connectivity index (χ1v) is 14.1. The highest BCUT2D eigenvalue weighted by Gasteiger charge is 2.24. The minimum atomic E-state index is -0.934. The van der Waals surface area contributed by atoms with Crippen molar-refractivity contribution in [2.45, 2.75) is 38.8 Å². The number of amides is 3. The Kier molecular flexibility index (Phi) is 10.5. The smallest absolute Gasteiger partial charge is 0.407 e. The van der Waals surface area contributed by atoms with Gasteiger partial charge >= 0.3 is 12.1 Å². The van der Waals surface area contributed by atoms with Gasteiger partial charge in [0.05, 0.1) is 11.5 Å². The second-order valence-corrected chi connectivity index (χ2v) is 10.4. The summed E-state index contributed by atoms with van der Waals surface area (Å²) in [6, 6.07) is 22.9. The van der Waals surface area contributed by atoms with Gasteiger partial charge in [-0.3, -0.25) is 14.4 Å². The molecule has 0 spiro atoms. The molecule has 1 unspecified atom stereocenters. The Morgan fingerprint density at radius 2 is 1.63 bits per heavy atom. The number of rotatable bonds is 13. The van der Waals surface area contributed by atoms with Gasteiger partial charge in [0, 0.05) is 36.4 Å². The number of nitrogens with zero attached hydrogens (tertiary/aromatic N) is 1. The molecule has 0 bridgehead atoms. The van der Waals surface area contributed by atoms with Crippen LogP contribution in [0.5, 0.6) is 0 Å². The van der Waals surface area contributed by atoms with Crippen molar-refractivity contribution in [2.24, 2.45) is 13.0 Å². The molecule has 3 aromatic carbocycles. The Bertz CT molecular complexity index is 1580. The summed E-state index contributed by atoms with van der Waals surface area (Å²) < 4.78 is 7.10. The first kappa shape index (κ1) is 30.8. The number of fused-ring (bicyclic) bond motifs is 1. The Balaban J connectivity index is 1.43. The molecule has 0 aliphatic carbocycles. The molecule has 0 saturated carbocycles. The topological polar surface area (TPSA) is 139 Å². The normalized spacial score (nSPS) is 12.2. The average molecular weight is 585 g/mol. The third-order valence-electron chi connectivity index (χ3n) is 7.14. The van der Waals surface area contributed by atoms with Gasteiger partial charge in [-0.1, -0.05) is 73.7 Å². The zero-order chi connectivity index (χ0) is 30.8. The molecule has 224 valence electrons. The van der Waals surface area contributed by atoms with Crippen LogP contribution in [0.1, 0.15) is 41.3 Å². The molecular weight excluding hydrogens is 548 g/mol. The average Bonchev–Trinajstić information content (AvgIpc) is 3.35. The maximum absolute atomic E-state index is 13.5. The molecule has 4 N–H and O–H groups in total. The fourth-order valence-electron chi connectivity index (χ4n) is 4.76. The van der Waals surface area contributed by atoms with Gasteiger partial charge in [-0.15, -0.1) is 0 Å². The lowest BCUT2D eigenvalue weighted by Gasteiger charge is -2.20. The molecule has 4 rings (SSSR count). The predicted molar refractivity (Wildman–Crippen MR) is 164 cm³/mol. The number of hydrogen-bond donors (Lipinski definition) is 4. The summed E-state index contributed by atoms with van der Waals surface area (Å²) in [4.78, 5) is 50.6. The van der Waals surface area contributed by atoms with Gasteiger partial charge in [-0.05, 0) is 42.5 Å². The van der Waals surface area contributed by atoms with E-state index in [0.29, 0.717) is 23.2 Å². The highest BCUT2D eigenvalue weighted by molar-refractivity contribution is 6.09. The molecule has 10 heteroatoms. The molecule has 1 heterocycles. The number of aryl methyl sites for hydroxylation is 1. The number of alkyl carbamates (subject to hydrolysis) is 1. The SMILES string of the molecule is CC(Cc1ccccc1NC(=O)[C@H](CCCNC(=O)OCc1ccccc1)NC(=O)c1cn(C)c2ccccc12)C(=O)O. The van der Waals surface area contributed by atoms with Crippen LogP contribution in [0.25, 0.3) is 10.9 Å². The summed E-state index contributed by atoms with van der Waals surface area (Å²) in [5.41, 5.74) is 3.34. The number of carbonyl (C=O) groups is 4. The molecule has 10 nitrogen and oxygen atoms in total. The van der Waals surface area contributed by atoms with E-state index in [1.807, 2.05) is 66.2 Å². The van der Waals surface area contributed by atoms with Crippen LogP contribution in [0.15, 0.2) is 85.1 Å². The monoisotopic (exact) mass is 584 g/mol. The quantitative estimate of drug-likeness (QED) is 0.165. The van der Waals surface area contributed by atoms with Crippen LogP contribution in [0, 0.1) is 5.92 Å². The van der Waals surface area contributed by atoms with Gasteiger partial charge in [0.25, 0.3) is 5.91 Å². The number of aromatic nitrogens is 1. The lowest BCUT2D eigenvalue weighted by Crippen LogP contribution is -2.44. The first-order valence-electron chi connectivity index (χ1n) is 14.1. The standard InChI is InChI=1S/C33H36N4O6/c1-22(32(40)41)19-24-13-6-8-15-27(24)35-31(39)28(16-10-18-34-33(42)43-21-23-11-4-3-5-12-23)36-30(38)26-20-37(2)29-17-9-7-14-25(26)29/h3-9,11-15,17,20,22,28H,10,16,18-19,21H2,1-2H3,(H,34,42)(H,35,39)(H,36,38)(H,40,41)/t22?,28-/m0/s1. The lowest BCUT2D eigenvalue weighted by molar-refractivity contribution is -0.141. The van der Waals surface area contributed by atoms with E-state index in [9.17, 15) is 24.3 Å². The molecule has 0 saturated heterocycles. The number of para-hydroxylation sites is 2. The molecule has 1 aromatic heterocycles. The van der Waals surface area contributed by atoms with Crippen molar-refractivity contribution in [3.8, 4) is 0 Å². The summed E-state index contributed by atoms with van der Waals surface area (Å²) in [6.07, 6.45) is 1.99. The number of nitrogens with one attached hydrogen (secondary N) is 3. The van der Waals surface area contributed by atoms with E-state index in [1.54, 1.807) is 37.4 Å². The second kappa shape index (κ2) is 14.7. The van der Waals surface area contributed by atoms with E-state index in [4.69, 9.17) is 4.74 Å². The molecule has 0 aliphatic heterocycles. The Morgan fingerprint density at radius 1 is 0.930 bits per heavy atom. The van der Waals surface area contributed by atoms with E-state index in [0.717, 1.165) is 16.5 Å². The molecule has 0 fully saturated rings. The van der Waals surface area contributed by atoms with Crippen LogP contribution in [-0.4, -0.2) is 46.1 Å². The molecule has 3 amide bonds. The first-order chi connectivity index (χ1) is 20.7. The summed E-state index contributed by atoms with van der Waals surface area (Å²) in [5.74, 6) is -2.43. The predicted octanol–water partition coefficient (Wildman–Crippen LogP) is 4.89. The molecule has 4 aromatic rings. The van der Waals surface area contributed by atoms with E-state index in [1.165, 1.54) is 0 Å².